The van der Waals surface area contributed by atoms with Crippen LogP contribution >= 0.6 is 0 Å². The van der Waals surface area contributed by atoms with Gasteiger partial charge in [0.15, 0.2) is 0 Å². The van der Waals surface area contributed by atoms with Gasteiger partial charge in [0.25, 0.3) is 0 Å². The number of rotatable bonds is 5. The van der Waals surface area contributed by atoms with Crippen LogP contribution in [-0.2, 0) is 6.42 Å². The van der Waals surface area contributed by atoms with Crippen LogP contribution in [0.4, 0.5) is 0 Å². The highest BCUT2D eigenvalue weighted by molar-refractivity contribution is 5.35. The molecule has 1 unspecified atom stereocenters. The predicted molar refractivity (Wildman–Crippen MR) is 86.8 cm³/mol. The summed E-state index contributed by atoms with van der Waals surface area (Å²) in [5, 5.41) is 8.78. The van der Waals surface area contributed by atoms with Gasteiger partial charge in [-0.1, -0.05) is 24.3 Å². The fraction of sp³-hybridized carbons (Fsp3) is 0.316. The van der Waals surface area contributed by atoms with E-state index < -0.39 is 0 Å². The maximum Gasteiger partial charge on any atom is 0.119 e. The fourth-order valence-electron chi connectivity index (χ4n) is 3.08. The van der Waals surface area contributed by atoms with Gasteiger partial charge in [0.2, 0.25) is 0 Å². The molecule has 1 atom stereocenters. The van der Waals surface area contributed by atoms with Crippen molar-refractivity contribution in [2.45, 2.75) is 18.9 Å². The lowest BCUT2D eigenvalue weighted by Gasteiger charge is -2.25. The second-order valence-corrected chi connectivity index (χ2v) is 5.72. The molecule has 3 heteroatoms. The van der Waals surface area contributed by atoms with Crippen molar-refractivity contribution in [1.29, 1.82) is 5.26 Å². The highest BCUT2D eigenvalue weighted by Gasteiger charge is 2.24. The van der Waals surface area contributed by atoms with E-state index in [1.165, 1.54) is 24.0 Å². The highest BCUT2D eigenvalue weighted by Crippen LogP contribution is 2.34. The Morgan fingerprint density at radius 3 is 2.73 bits per heavy atom. The molecule has 0 heterocycles. The third-order valence-corrected chi connectivity index (χ3v) is 4.33. The minimum Gasteiger partial charge on any atom is -0.492 e. The lowest BCUT2D eigenvalue weighted by atomic mass is 10.1. The van der Waals surface area contributed by atoms with Crippen LogP contribution in [0.2, 0.25) is 0 Å². The first-order valence-corrected chi connectivity index (χ1v) is 7.69. The summed E-state index contributed by atoms with van der Waals surface area (Å²) in [6.45, 7) is 1.54. The minimum absolute atomic E-state index is 0.501. The zero-order chi connectivity index (χ0) is 15.4. The van der Waals surface area contributed by atoms with E-state index >= 15 is 0 Å². The van der Waals surface area contributed by atoms with E-state index in [9.17, 15) is 0 Å². The molecule has 0 amide bonds. The number of ether oxygens (including phenoxy) is 1. The van der Waals surface area contributed by atoms with Gasteiger partial charge >= 0.3 is 0 Å². The van der Waals surface area contributed by atoms with E-state index in [1.54, 1.807) is 12.1 Å². The lowest BCUT2D eigenvalue weighted by Crippen LogP contribution is -2.27. The average molecular weight is 292 g/mol. The number of likely N-dealkylation sites (N-methyl/N-ethyl adjacent to an activating group) is 1. The van der Waals surface area contributed by atoms with Gasteiger partial charge in [0.05, 0.1) is 11.6 Å². The Morgan fingerprint density at radius 1 is 1.18 bits per heavy atom. The van der Waals surface area contributed by atoms with Crippen molar-refractivity contribution < 1.29 is 4.74 Å². The molecule has 1 aliphatic carbocycles. The van der Waals surface area contributed by atoms with Crippen molar-refractivity contribution in [3.8, 4) is 11.8 Å². The average Bonchev–Trinajstić information content (AvgIpc) is 2.99. The largest absolute Gasteiger partial charge is 0.492 e. The monoisotopic (exact) mass is 292 g/mol. The molecule has 22 heavy (non-hydrogen) atoms. The van der Waals surface area contributed by atoms with Crippen molar-refractivity contribution in [3.63, 3.8) is 0 Å². The molecule has 0 saturated heterocycles. The summed E-state index contributed by atoms with van der Waals surface area (Å²) < 4.78 is 5.77. The molecule has 112 valence electrons. The Morgan fingerprint density at radius 2 is 1.95 bits per heavy atom. The van der Waals surface area contributed by atoms with Gasteiger partial charge < -0.3 is 4.74 Å². The number of nitriles is 1. The second-order valence-electron chi connectivity index (χ2n) is 5.72. The van der Waals surface area contributed by atoms with E-state index in [4.69, 9.17) is 10.00 Å². The lowest BCUT2D eigenvalue weighted by molar-refractivity contribution is 0.191. The minimum atomic E-state index is 0.501. The van der Waals surface area contributed by atoms with E-state index in [2.05, 4.69) is 42.3 Å². The Kier molecular flexibility index (Phi) is 4.41. The highest BCUT2D eigenvalue weighted by atomic mass is 16.5. The summed E-state index contributed by atoms with van der Waals surface area (Å²) in [5.41, 5.74) is 3.60. The molecule has 0 aliphatic heterocycles. The molecule has 0 fully saturated rings. The van der Waals surface area contributed by atoms with Crippen LogP contribution in [0.15, 0.2) is 48.5 Å². The van der Waals surface area contributed by atoms with Gasteiger partial charge in [-0.15, -0.1) is 0 Å². The first-order chi connectivity index (χ1) is 10.8. The van der Waals surface area contributed by atoms with Crippen LogP contribution < -0.4 is 4.74 Å². The zero-order valence-corrected chi connectivity index (χ0v) is 12.8. The molecule has 3 nitrogen and oxygen atoms in total. The standard InChI is InChI=1S/C19H20N2O/c1-21(19-11-8-16-4-2-3-5-18(16)19)12-13-22-17-9-6-15(14-20)7-10-17/h2-7,9-10,19H,8,11-13H2,1H3. The third-order valence-electron chi connectivity index (χ3n) is 4.33. The van der Waals surface area contributed by atoms with Crippen molar-refractivity contribution >= 4 is 0 Å². The third kappa shape index (κ3) is 3.13. The topological polar surface area (TPSA) is 36.3 Å². The van der Waals surface area contributed by atoms with Crippen LogP contribution in [0.5, 0.6) is 5.75 Å². The van der Waals surface area contributed by atoms with Crippen molar-refractivity contribution in [3.05, 3.63) is 65.2 Å². The molecule has 0 bridgehead atoms. The fourth-order valence-corrected chi connectivity index (χ4v) is 3.08. The molecular formula is C19H20N2O. The van der Waals surface area contributed by atoms with Crippen molar-refractivity contribution in [1.82, 2.24) is 4.90 Å². The van der Waals surface area contributed by atoms with Gasteiger partial charge in [-0.25, -0.2) is 0 Å². The molecule has 2 aromatic carbocycles. The second kappa shape index (κ2) is 6.64. The summed E-state index contributed by atoms with van der Waals surface area (Å²) in [7, 11) is 2.16. The number of hydrogen-bond acceptors (Lipinski definition) is 3. The van der Waals surface area contributed by atoms with Gasteiger partial charge in [-0.2, -0.15) is 5.26 Å². The first kappa shape index (κ1) is 14.6. The molecule has 1 aliphatic rings. The summed E-state index contributed by atoms with van der Waals surface area (Å²) in [4.78, 5) is 2.37. The molecule has 3 rings (SSSR count). The Labute approximate surface area is 131 Å². The van der Waals surface area contributed by atoms with Gasteiger partial charge in [0.1, 0.15) is 12.4 Å². The van der Waals surface area contributed by atoms with E-state index in [0.717, 1.165) is 12.3 Å². The number of aryl methyl sites for hydroxylation is 1. The van der Waals surface area contributed by atoms with Crippen LogP contribution in [-0.4, -0.2) is 25.1 Å². The van der Waals surface area contributed by atoms with Crippen LogP contribution in [0.25, 0.3) is 0 Å². The zero-order valence-electron chi connectivity index (χ0n) is 12.8. The number of fused-ring (bicyclic) bond motifs is 1. The normalized spacial score (nSPS) is 16.3. The van der Waals surface area contributed by atoms with Crippen molar-refractivity contribution in [2.75, 3.05) is 20.2 Å². The molecule has 0 saturated carbocycles. The summed E-state index contributed by atoms with van der Waals surface area (Å²) >= 11 is 0. The molecule has 0 N–H and O–H groups in total. The molecule has 0 radical (unpaired) electrons. The summed E-state index contributed by atoms with van der Waals surface area (Å²) in [6, 6.07) is 18.6. The van der Waals surface area contributed by atoms with E-state index in [-0.39, 0.29) is 0 Å². The maximum atomic E-state index is 8.78. The molecule has 0 aromatic heterocycles. The van der Waals surface area contributed by atoms with Gasteiger partial charge in [0, 0.05) is 12.6 Å². The van der Waals surface area contributed by atoms with Crippen LogP contribution in [0.3, 0.4) is 0 Å². The van der Waals surface area contributed by atoms with Crippen LogP contribution in [0.1, 0.15) is 29.2 Å². The Balaban J connectivity index is 1.53. The van der Waals surface area contributed by atoms with Gasteiger partial charge in [-0.3, -0.25) is 4.90 Å². The smallest absolute Gasteiger partial charge is 0.119 e. The van der Waals surface area contributed by atoms with Gasteiger partial charge in [-0.05, 0) is 55.3 Å². The predicted octanol–water partition coefficient (Wildman–Crippen LogP) is 3.56. The number of hydrogen-bond donors (Lipinski definition) is 0. The molecular weight excluding hydrogens is 272 g/mol. The molecule has 0 spiro atoms. The Hall–Kier alpha value is -2.31. The SMILES string of the molecule is CN(CCOc1ccc(C#N)cc1)C1CCc2ccccc21. The molecule has 2 aromatic rings. The Bertz CT molecular complexity index is 673. The van der Waals surface area contributed by atoms with E-state index in [1.807, 2.05) is 12.1 Å². The quantitative estimate of drug-likeness (QED) is 0.845. The maximum absolute atomic E-state index is 8.78. The van der Waals surface area contributed by atoms with Crippen molar-refractivity contribution in [2.24, 2.45) is 0 Å². The first-order valence-electron chi connectivity index (χ1n) is 7.69. The number of nitrogens with zero attached hydrogens (tertiary/aromatic N) is 2. The van der Waals surface area contributed by atoms with E-state index in [0.29, 0.717) is 18.2 Å². The summed E-state index contributed by atoms with van der Waals surface area (Å²) in [6.07, 6.45) is 2.36. The van der Waals surface area contributed by atoms with Crippen LogP contribution in [0, 0.1) is 11.3 Å². The number of benzene rings is 2. The summed E-state index contributed by atoms with van der Waals surface area (Å²) in [5.74, 6) is 0.819.